The molecule has 0 saturated heterocycles. The molecule has 14 rings (SSSR count). The monoisotopic (exact) mass is 1860 g/mol. The summed E-state index contributed by atoms with van der Waals surface area (Å²) in [4.78, 5) is 0. The third-order valence-electron chi connectivity index (χ3n) is 34.5. The molecule has 0 aliphatic heterocycles. The Balaban J connectivity index is 0. The van der Waals surface area contributed by atoms with Gasteiger partial charge in [-0.1, -0.05) is 513 Å². The number of rotatable bonds is 24. The van der Waals surface area contributed by atoms with E-state index in [2.05, 4.69) is 341 Å². The van der Waals surface area contributed by atoms with E-state index in [1.807, 2.05) is 76.2 Å². The van der Waals surface area contributed by atoms with Gasteiger partial charge >= 0.3 is 0 Å². The number of benzene rings is 5. The van der Waals surface area contributed by atoms with Crippen LogP contribution in [0.1, 0.15) is 531 Å². The standard InChI is InChI=1S/C16H30.C16H18.2C14H20.C13H22.C12H24.C12H18.C12H24.C7H13.C3H7.5C2H6.Y/c1-7-8-9-13-12(3)16(6)11(2)10-14(13)15(16,4)5;1-3-13-9-5-7-11-15(13)16-12-8-6-10-14(16)4-2;1-3-4-8-13-11(2)10-12-7-5-6-9-14(12)13;1-3-4-7-12-10-13-8-5-6-9-14(13)11(12)2;1-3-5-8-13(4-2)10-11-6-7-12(13)9-11;1-8(2)11(6)10(5)12(11,7)9(3)4;1-9(2)11-7-5-6-8-12(11)10(3)4;1-3-5-9-12(4-2)10-7-6-8-11-12;1-7-5-3-2-4-6-7;1-3-2;5*1-2;/h11-14H,7-10H2,1-6H3;5-12H,3-4H2,1-2H3;5-7,9,11,13H,3-4,8,10H2,1-2H3;5-6,8-9,11-12H,3-4,7,10H2,1-2H3;6-7,11-12H,3-5,8-10H2,1-2H3;8-10H,1-7H3;5-10H,1-4H3;3-11H2,1-2H3;5,7H,2-4,6H2,1H3;1,3H2,2H3;5*1-2H3;/q;;;;;;;;2*-1;;;;;;. The molecule has 747 valence electrons. The maximum atomic E-state index is 3.49. The molecule has 1 radical (unpaired) electrons. The van der Waals surface area contributed by atoms with Crippen molar-refractivity contribution in [1.82, 2.24) is 0 Å². The van der Waals surface area contributed by atoms with E-state index in [0.717, 1.165) is 113 Å². The molecule has 5 aromatic carbocycles. The summed E-state index contributed by atoms with van der Waals surface area (Å²) >= 11 is 0. The molecule has 9 aliphatic rings. The van der Waals surface area contributed by atoms with Gasteiger partial charge in [0.15, 0.2) is 0 Å². The summed E-state index contributed by atoms with van der Waals surface area (Å²) in [5.41, 5.74) is 18.9. The van der Waals surface area contributed by atoms with Gasteiger partial charge in [-0.05, 0) is 273 Å². The number of hydrogen-bond acceptors (Lipinski definition) is 0. The third kappa shape index (κ3) is 36.9. The van der Waals surface area contributed by atoms with E-state index in [1.165, 1.54) is 232 Å². The van der Waals surface area contributed by atoms with E-state index in [-0.39, 0.29) is 32.7 Å². The molecule has 0 spiro atoms. The Morgan fingerprint density at radius 2 is 0.892 bits per heavy atom. The molecule has 0 heterocycles. The molecule has 15 atom stereocenters. The van der Waals surface area contributed by atoms with E-state index in [9.17, 15) is 0 Å². The maximum Gasteiger partial charge on any atom is 0 e. The molecule has 9 aliphatic carbocycles. The molecule has 6 fully saturated rings. The Bertz CT molecular complexity index is 3470. The van der Waals surface area contributed by atoms with E-state index < -0.39 is 0 Å². The zero-order valence-corrected chi connectivity index (χ0v) is 97.7. The summed E-state index contributed by atoms with van der Waals surface area (Å²) in [5, 5.41) is 0. The molecule has 0 nitrogen and oxygen atoms in total. The predicted octanol–water partition coefficient (Wildman–Crippen LogP) is 43.3. The smallest absolute Gasteiger partial charge is 0 e. The fourth-order valence-corrected chi connectivity index (χ4v) is 25.2. The molecular formula is C129H226Y-2. The van der Waals surface area contributed by atoms with E-state index in [0.29, 0.717) is 33.5 Å². The summed E-state index contributed by atoms with van der Waals surface area (Å²) in [6.07, 6.45) is 54.8. The average Bonchev–Trinajstić information content (AvgIpc) is 1.52. The van der Waals surface area contributed by atoms with Gasteiger partial charge in [0.2, 0.25) is 0 Å². The van der Waals surface area contributed by atoms with Gasteiger partial charge in [-0.3, -0.25) is 0 Å². The number of hydrogen-bond donors (Lipinski definition) is 0. The Labute approximate surface area is 844 Å². The van der Waals surface area contributed by atoms with E-state index in [1.54, 1.807) is 22.3 Å². The minimum Gasteiger partial charge on any atom is -0.344 e. The van der Waals surface area contributed by atoms with Crippen LogP contribution in [0.25, 0.3) is 11.1 Å². The summed E-state index contributed by atoms with van der Waals surface area (Å²) < 4.78 is 0. The van der Waals surface area contributed by atoms with Crippen LogP contribution >= 0.6 is 0 Å². The molecule has 0 N–H and O–H groups in total. The second-order valence-electron chi connectivity index (χ2n) is 42.6. The van der Waals surface area contributed by atoms with Crippen LogP contribution < -0.4 is 0 Å². The first-order chi connectivity index (χ1) is 61.7. The van der Waals surface area contributed by atoms with Crippen molar-refractivity contribution in [3.63, 3.8) is 0 Å². The average molecular weight is 1870 g/mol. The quantitative estimate of drug-likeness (QED) is 0.0427. The fourth-order valence-electron chi connectivity index (χ4n) is 25.2. The molecular weight excluding hydrogens is 1640 g/mol. The van der Waals surface area contributed by atoms with Crippen LogP contribution in [0, 0.1) is 117 Å². The molecule has 6 saturated carbocycles. The molecule has 4 bridgehead atoms. The Morgan fingerprint density at radius 1 is 0.454 bits per heavy atom. The summed E-state index contributed by atoms with van der Waals surface area (Å²) in [6.45, 7) is 91.8. The molecule has 0 amide bonds. The molecule has 1 heteroatoms. The van der Waals surface area contributed by atoms with Gasteiger partial charge in [0.25, 0.3) is 0 Å². The largest absolute Gasteiger partial charge is 0.344 e. The molecule has 5 aromatic rings. The van der Waals surface area contributed by atoms with Crippen LogP contribution in [0.15, 0.2) is 133 Å². The van der Waals surface area contributed by atoms with Gasteiger partial charge in [0.1, 0.15) is 0 Å². The zero-order chi connectivity index (χ0) is 98.3. The van der Waals surface area contributed by atoms with Crippen molar-refractivity contribution in [2.24, 2.45) is 104 Å². The van der Waals surface area contributed by atoms with Gasteiger partial charge in [0, 0.05) is 32.7 Å². The van der Waals surface area contributed by atoms with Crippen molar-refractivity contribution in [3.8, 4) is 11.1 Å². The van der Waals surface area contributed by atoms with E-state index >= 15 is 0 Å². The van der Waals surface area contributed by atoms with Crippen molar-refractivity contribution in [3.05, 3.63) is 191 Å². The molecule has 130 heavy (non-hydrogen) atoms. The van der Waals surface area contributed by atoms with Crippen molar-refractivity contribution < 1.29 is 32.7 Å². The van der Waals surface area contributed by atoms with Crippen molar-refractivity contribution in [2.45, 2.75) is 512 Å². The summed E-state index contributed by atoms with van der Waals surface area (Å²) in [6, 6.07) is 44.1. The topological polar surface area (TPSA) is 0 Å². The van der Waals surface area contributed by atoms with Gasteiger partial charge < -0.3 is 13.3 Å². The van der Waals surface area contributed by atoms with Crippen molar-refractivity contribution in [2.75, 3.05) is 0 Å². The Morgan fingerprint density at radius 3 is 1.27 bits per heavy atom. The first-order valence-corrected chi connectivity index (χ1v) is 56.5. The normalized spacial score (nSPS) is 26.6. The second kappa shape index (κ2) is 69.7. The minimum absolute atomic E-state index is 0. The van der Waals surface area contributed by atoms with Crippen LogP contribution in [-0.2, 0) is 58.4 Å². The number of unbranched alkanes of at least 4 members (excludes halogenated alkanes) is 5. The van der Waals surface area contributed by atoms with Crippen LogP contribution in [0.5, 0.6) is 0 Å². The van der Waals surface area contributed by atoms with Gasteiger partial charge in [0.05, 0.1) is 0 Å². The fraction of sp³-hybridized carbons (Fsp3) is 0.736. The predicted molar refractivity (Wildman–Crippen MR) is 592 cm³/mol. The van der Waals surface area contributed by atoms with Gasteiger partial charge in [-0.25, -0.2) is 0 Å². The van der Waals surface area contributed by atoms with Crippen molar-refractivity contribution in [1.29, 1.82) is 0 Å². The number of fused-ring (bicyclic) bond motifs is 6. The summed E-state index contributed by atoms with van der Waals surface area (Å²) in [5.74, 6) is 13.9. The van der Waals surface area contributed by atoms with Gasteiger partial charge in [-0.15, -0.1) is 0 Å². The minimum atomic E-state index is 0. The van der Waals surface area contributed by atoms with Crippen LogP contribution in [0.4, 0.5) is 0 Å². The van der Waals surface area contributed by atoms with Crippen LogP contribution in [0.3, 0.4) is 0 Å². The van der Waals surface area contributed by atoms with Crippen LogP contribution in [-0.4, -0.2) is 0 Å². The summed E-state index contributed by atoms with van der Waals surface area (Å²) in [7, 11) is 0. The third-order valence-corrected chi connectivity index (χ3v) is 34.5. The first kappa shape index (κ1) is 129. The van der Waals surface area contributed by atoms with E-state index in [4.69, 9.17) is 0 Å². The molecule has 15 unspecified atom stereocenters. The Kier molecular flexibility index (Phi) is 69.2. The zero-order valence-electron chi connectivity index (χ0n) is 94.8. The second-order valence-corrected chi connectivity index (χ2v) is 42.6. The number of allylic oxidation sites excluding steroid dienone is 2. The number of aryl methyl sites for hydroxylation is 2. The maximum absolute atomic E-state index is 3.49. The van der Waals surface area contributed by atoms with Crippen molar-refractivity contribution >= 4 is 0 Å². The van der Waals surface area contributed by atoms with Gasteiger partial charge in [-0.2, -0.15) is 18.8 Å². The first-order valence-electron chi connectivity index (χ1n) is 56.5. The molecule has 0 aromatic heterocycles. The Hall–Kier alpha value is -3.06. The van der Waals surface area contributed by atoms with Crippen LogP contribution in [0.2, 0.25) is 0 Å². The SMILES string of the molecule is CC.CC.CC.CC.CC.CC(C)C1(C)C(C)C1(C)C(C)C.CC(C)c1ccccc1C(C)C.CC1[CH-]CCCC1.CCCCC1(CC)CC2C=CC1C2.CCCCC1(CC)CCCCC1.CCCCC1C2CC(C)C(C)(C1C)C2(C)C.CCCCC1Cc2ccccc2C1C.CCCCC1c2ccccc2CC1C.CCc1ccccc1-c1ccccc1CC.[CH2-]CC.[Y].